The number of rotatable bonds is 6. The van der Waals surface area contributed by atoms with Gasteiger partial charge in [0.1, 0.15) is 5.75 Å². The molecule has 0 heterocycles. The van der Waals surface area contributed by atoms with Crippen molar-refractivity contribution in [2.75, 3.05) is 13.6 Å². The van der Waals surface area contributed by atoms with Crippen LogP contribution in [0.15, 0.2) is 24.3 Å². The van der Waals surface area contributed by atoms with Crippen molar-refractivity contribution < 1.29 is 9.90 Å². The lowest BCUT2D eigenvalue weighted by Gasteiger charge is -2.36. The Hall–Kier alpha value is -1.55. The van der Waals surface area contributed by atoms with Crippen molar-refractivity contribution in [2.24, 2.45) is 0 Å². The maximum Gasteiger partial charge on any atom is 0.221 e. The Kier molecular flexibility index (Phi) is 5.62. The molecule has 0 spiro atoms. The van der Waals surface area contributed by atoms with E-state index in [-0.39, 0.29) is 17.2 Å². The van der Waals surface area contributed by atoms with Gasteiger partial charge in [0.25, 0.3) is 0 Å². The second kappa shape index (κ2) is 7.46. The summed E-state index contributed by atoms with van der Waals surface area (Å²) in [6.45, 7) is 0.642. The Bertz CT molecular complexity index is 450. The van der Waals surface area contributed by atoms with Crippen molar-refractivity contribution in [2.45, 2.75) is 50.5 Å². The van der Waals surface area contributed by atoms with Gasteiger partial charge in [0, 0.05) is 18.5 Å². The molecular weight excluding hydrogens is 264 g/mol. The first-order chi connectivity index (χ1) is 10.1. The van der Waals surface area contributed by atoms with Gasteiger partial charge in [-0.1, -0.05) is 31.4 Å². The van der Waals surface area contributed by atoms with Gasteiger partial charge in [-0.25, -0.2) is 0 Å². The molecule has 0 aromatic heterocycles. The van der Waals surface area contributed by atoms with Gasteiger partial charge in [0.2, 0.25) is 5.91 Å². The molecule has 0 bridgehead atoms. The quantitative estimate of drug-likeness (QED) is 0.754. The van der Waals surface area contributed by atoms with E-state index in [2.05, 4.69) is 10.6 Å². The number of hydrogen-bond acceptors (Lipinski definition) is 3. The summed E-state index contributed by atoms with van der Waals surface area (Å²) in [5.74, 6) is 0.404. The predicted octanol–water partition coefficient (Wildman–Crippen LogP) is 2.36. The molecule has 1 aromatic rings. The van der Waals surface area contributed by atoms with Gasteiger partial charge in [-0.05, 0) is 44.0 Å². The third-order valence-electron chi connectivity index (χ3n) is 4.51. The Labute approximate surface area is 126 Å². The van der Waals surface area contributed by atoms with E-state index in [1.54, 1.807) is 12.1 Å². The van der Waals surface area contributed by atoms with E-state index in [1.807, 2.05) is 19.2 Å². The Morgan fingerprint density at radius 2 is 1.86 bits per heavy atom. The highest BCUT2D eigenvalue weighted by Gasteiger charge is 2.32. The normalized spacial score (nSPS) is 17.4. The lowest BCUT2D eigenvalue weighted by Crippen LogP contribution is -2.48. The average molecular weight is 290 g/mol. The number of hydrogen-bond donors (Lipinski definition) is 3. The third-order valence-corrected chi connectivity index (χ3v) is 4.51. The van der Waals surface area contributed by atoms with Crippen molar-refractivity contribution in [3.8, 4) is 5.75 Å². The van der Waals surface area contributed by atoms with Crippen LogP contribution in [0.3, 0.4) is 0 Å². The second-order valence-electron chi connectivity index (χ2n) is 6.03. The molecule has 0 saturated heterocycles. The molecule has 4 heteroatoms. The van der Waals surface area contributed by atoms with Gasteiger partial charge >= 0.3 is 0 Å². The summed E-state index contributed by atoms with van der Waals surface area (Å²) in [4.78, 5) is 12.1. The van der Waals surface area contributed by atoms with E-state index in [0.717, 1.165) is 24.8 Å². The minimum Gasteiger partial charge on any atom is -0.508 e. The first-order valence-electron chi connectivity index (χ1n) is 7.87. The van der Waals surface area contributed by atoms with E-state index in [4.69, 9.17) is 0 Å². The summed E-state index contributed by atoms with van der Waals surface area (Å²) in [5, 5.41) is 15.6. The molecule has 2 rings (SSSR count). The molecule has 0 unspecified atom stereocenters. The number of carbonyl (C=O) groups is 1. The summed E-state index contributed by atoms with van der Waals surface area (Å²) in [7, 11) is 1.97. The summed E-state index contributed by atoms with van der Waals surface area (Å²) in [6.07, 6.45) is 7.25. The molecule has 0 atom stereocenters. The van der Waals surface area contributed by atoms with Gasteiger partial charge in [0.15, 0.2) is 0 Å². The van der Waals surface area contributed by atoms with Crippen LogP contribution in [-0.2, 0) is 11.2 Å². The second-order valence-corrected chi connectivity index (χ2v) is 6.03. The standard InChI is InChI=1S/C17H26N2O2/c1-18-17(10-3-2-4-11-17)13-16(21)19-12-9-14-5-7-15(20)8-6-14/h5-8,18,20H,2-4,9-13H2,1H3,(H,19,21). The number of nitrogens with one attached hydrogen (secondary N) is 2. The highest BCUT2D eigenvalue weighted by Crippen LogP contribution is 2.30. The highest BCUT2D eigenvalue weighted by atomic mass is 16.3. The third kappa shape index (κ3) is 4.74. The SMILES string of the molecule is CNC1(CC(=O)NCCc2ccc(O)cc2)CCCCC1. The van der Waals surface area contributed by atoms with Gasteiger partial charge < -0.3 is 15.7 Å². The molecule has 0 radical (unpaired) electrons. The van der Waals surface area contributed by atoms with Gasteiger partial charge in [0.05, 0.1) is 0 Å². The van der Waals surface area contributed by atoms with Gasteiger partial charge in [-0.15, -0.1) is 0 Å². The number of aromatic hydroxyl groups is 1. The monoisotopic (exact) mass is 290 g/mol. The average Bonchev–Trinajstić information content (AvgIpc) is 2.50. The molecule has 1 saturated carbocycles. The summed E-state index contributed by atoms with van der Waals surface area (Å²) < 4.78 is 0. The first-order valence-corrected chi connectivity index (χ1v) is 7.87. The molecule has 21 heavy (non-hydrogen) atoms. The highest BCUT2D eigenvalue weighted by molar-refractivity contribution is 5.77. The van der Waals surface area contributed by atoms with Crippen LogP contribution in [0.5, 0.6) is 5.75 Å². The fourth-order valence-electron chi connectivity index (χ4n) is 3.12. The minimum atomic E-state index is 0.000863. The van der Waals surface area contributed by atoms with Crippen molar-refractivity contribution in [1.82, 2.24) is 10.6 Å². The largest absolute Gasteiger partial charge is 0.508 e. The molecule has 1 fully saturated rings. The van der Waals surface area contributed by atoms with Crippen LogP contribution in [0.4, 0.5) is 0 Å². The fraction of sp³-hybridized carbons (Fsp3) is 0.588. The maximum absolute atomic E-state index is 12.1. The van der Waals surface area contributed by atoms with Crippen LogP contribution in [0, 0.1) is 0 Å². The topological polar surface area (TPSA) is 61.4 Å². The van der Waals surface area contributed by atoms with Crippen LogP contribution in [0.1, 0.15) is 44.1 Å². The van der Waals surface area contributed by atoms with Gasteiger partial charge in [-0.3, -0.25) is 4.79 Å². The first kappa shape index (κ1) is 15.8. The zero-order valence-electron chi connectivity index (χ0n) is 12.8. The molecule has 1 aromatic carbocycles. The summed E-state index contributed by atoms with van der Waals surface area (Å²) >= 11 is 0. The van der Waals surface area contributed by atoms with Crippen molar-refractivity contribution in [1.29, 1.82) is 0 Å². The molecular formula is C17H26N2O2. The van der Waals surface area contributed by atoms with Gasteiger partial charge in [-0.2, -0.15) is 0 Å². The van der Waals surface area contributed by atoms with E-state index >= 15 is 0 Å². The molecule has 1 aliphatic rings. The Morgan fingerprint density at radius 1 is 1.19 bits per heavy atom. The Morgan fingerprint density at radius 3 is 2.48 bits per heavy atom. The number of amides is 1. The van der Waals surface area contributed by atoms with Crippen LogP contribution >= 0.6 is 0 Å². The molecule has 4 nitrogen and oxygen atoms in total. The number of carbonyl (C=O) groups excluding carboxylic acids is 1. The van der Waals surface area contributed by atoms with E-state index in [0.29, 0.717) is 13.0 Å². The van der Waals surface area contributed by atoms with Crippen molar-refractivity contribution in [3.05, 3.63) is 29.8 Å². The summed E-state index contributed by atoms with van der Waals surface area (Å²) in [5.41, 5.74) is 1.12. The van der Waals surface area contributed by atoms with Crippen molar-refractivity contribution in [3.63, 3.8) is 0 Å². The number of benzene rings is 1. The fourth-order valence-corrected chi connectivity index (χ4v) is 3.12. The molecule has 0 aliphatic heterocycles. The van der Waals surface area contributed by atoms with E-state index in [9.17, 15) is 9.90 Å². The van der Waals surface area contributed by atoms with Crippen LogP contribution in [0.25, 0.3) is 0 Å². The zero-order chi connectivity index (χ0) is 15.1. The zero-order valence-corrected chi connectivity index (χ0v) is 12.8. The lowest BCUT2D eigenvalue weighted by molar-refractivity contribution is -0.122. The molecule has 1 amide bonds. The molecule has 3 N–H and O–H groups in total. The smallest absolute Gasteiger partial charge is 0.221 e. The molecule has 116 valence electrons. The van der Waals surface area contributed by atoms with Crippen LogP contribution < -0.4 is 10.6 Å². The maximum atomic E-state index is 12.1. The van der Waals surface area contributed by atoms with Crippen LogP contribution in [0.2, 0.25) is 0 Å². The number of phenolic OH excluding ortho intramolecular Hbond substituents is 1. The predicted molar refractivity (Wildman–Crippen MR) is 84.3 cm³/mol. The molecule has 1 aliphatic carbocycles. The number of phenols is 1. The van der Waals surface area contributed by atoms with Crippen LogP contribution in [-0.4, -0.2) is 30.1 Å². The van der Waals surface area contributed by atoms with E-state index in [1.165, 1.54) is 19.3 Å². The Balaban J connectivity index is 1.75. The lowest BCUT2D eigenvalue weighted by atomic mass is 9.79. The minimum absolute atomic E-state index is 0.000863. The summed E-state index contributed by atoms with van der Waals surface area (Å²) in [6, 6.07) is 7.12. The van der Waals surface area contributed by atoms with Crippen molar-refractivity contribution >= 4 is 5.91 Å². The van der Waals surface area contributed by atoms with E-state index < -0.39 is 0 Å².